The van der Waals surface area contributed by atoms with E-state index in [0.29, 0.717) is 18.1 Å². The van der Waals surface area contributed by atoms with Gasteiger partial charge in [0.15, 0.2) is 0 Å². The van der Waals surface area contributed by atoms with Gasteiger partial charge in [-0.2, -0.15) is 0 Å². The fraction of sp³-hybridized carbons (Fsp3) is 0.235. The smallest absolute Gasteiger partial charge is 0.315 e. The molecule has 0 saturated heterocycles. The van der Waals surface area contributed by atoms with Crippen molar-refractivity contribution in [3.63, 3.8) is 0 Å². The van der Waals surface area contributed by atoms with Crippen molar-refractivity contribution in [3.05, 3.63) is 70.5 Å². The first-order valence-electron chi connectivity index (χ1n) is 7.15. The molecular weight excluding hydrogens is 303 g/mol. The fourth-order valence-corrected chi connectivity index (χ4v) is 2.27. The van der Waals surface area contributed by atoms with Crippen LogP contribution in [0, 0.1) is 5.82 Å². The number of halogens is 2. The fourth-order valence-electron chi connectivity index (χ4n) is 2.07. The van der Waals surface area contributed by atoms with E-state index in [9.17, 15) is 9.18 Å². The number of urea groups is 1. The zero-order valence-corrected chi connectivity index (χ0v) is 12.9. The molecule has 22 heavy (non-hydrogen) atoms. The van der Waals surface area contributed by atoms with Crippen molar-refractivity contribution in [2.75, 3.05) is 6.54 Å². The van der Waals surface area contributed by atoms with Gasteiger partial charge in [-0.3, -0.25) is 0 Å². The van der Waals surface area contributed by atoms with Gasteiger partial charge in [-0.05, 0) is 42.2 Å². The predicted octanol–water partition coefficient (Wildman–Crippen LogP) is 3.91. The summed E-state index contributed by atoms with van der Waals surface area (Å²) in [5, 5.41) is 6.16. The molecule has 0 unspecified atom stereocenters. The Morgan fingerprint density at radius 2 is 1.91 bits per heavy atom. The minimum atomic E-state index is -0.237. The number of rotatable bonds is 6. The molecule has 0 aliphatic carbocycles. The average molecular weight is 321 g/mol. The van der Waals surface area contributed by atoms with Crippen molar-refractivity contribution >= 4 is 17.6 Å². The van der Waals surface area contributed by atoms with Crippen LogP contribution in [0.5, 0.6) is 0 Å². The van der Waals surface area contributed by atoms with Crippen LogP contribution in [0.2, 0.25) is 5.02 Å². The summed E-state index contributed by atoms with van der Waals surface area (Å²) in [4.78, 5) is 11.7. The Hall–Kier alpha value is -2.07. The van der Waals surface area contributed by atoms with Gasteiger partial charge in [0.2, 0.25) is 0 Å². The first kappa shape index (κ1) is 16.3. The number of aryl methyl sites for hydroxylation is 1. The summed E-state index contributed by atoms with van der Waals surface area (Å²) in [7, 11) is 0. The molecule has 0 aromatic heterocycles. The van der Waals surface area contributed by atoms with Crippen molar-refractivity contribution in [3.8, 4) is 0 Å². The summed E-state index contributed by atoms with van der Waals surface area (Å²) in [6.07, 6.45) is 1.48. The van der Waals surface area contributed by atoms with Gasteiger partial charge in [0.25, 0.3) is 0 Å². The highest BCUT2D eigenvalue weighted by molar-refractivity contribution is 6.31. The van der Waals surface area contributed by atoms with Gasteiger partial charge in [0.05, 0.1) is 0 Å². The summed E-state index contributed by atoms with van der Waals surface area (Å²) >= 11 is 6.01. The molecule has 0 atom stereocenters. The summed E-state index contributed by atoms with van der Waals surface area (Å²) in [6, 6.07) is 13.6. The third-order valence-corrected chi connectivity index (χ3v) is 3.58. The standard InChI is InChI=1S/C17H18ClFN2O/c18-16-9-2-1-7-14(16)12-21-17(22)20-10-4-6-13-5-3-8-15(19)11-13/h1-3,5,7-9,11H,4,6,10,12H2,(H2,20,21,22). The molecule has 2 rings (SSSR count). The van der Waals surface area contributed by atoms with E-state index < -0.39 is 0 Å². The van der Waals surface area contributed by atoms with Crippen molar-refractivity contribution < 1.29 is 9.18 Å². The molecule has 2 aromatic carbocycles. The lowest BCUT2D eigenvalue weighted by molar-refractivity contribution is 0.240. The number of carbonyl (C=O) groups excluding carboxylic acids is 1. The maximum Gasteiger partial charge on any atom is 0.315 e. The predicted molar refractivity (Wildman–Crippen MR) is 86.4 cm³/mol. The van der Waals surface area contributed by atoms with Gasteiger partial charge in [-0.15, -0.1) is 0 Å². The molecule has 2 amide bonds. The van der Waals surface area contributed by atoms with Crippen LogP contribution >= 0.6 is 11.6 Å². The molecule has 0 bridgehead atoms. The summed E-state index contributed by atoms with van der Waals surface area (Å²) in [5.41, 5.74) is 1.80. The molecule has 0 heterocycles. The third-order valence-electron chi connectivity index (χ3n) is 3.21. The molecule has 116 valence electrons. The van der Waals surface area contributed by atoms with Crippen LogP contribution < -0.4 is 10.6 Å². The van der Waals surface area contributed by atoms with Crippen LogP contribution in [0.1, 0.15) is 17.5 Å². The largest absolute Gasteiger partial charge is 0.338 e. The number of hydrogen-bond acceptors (Lipinski definition) is 1. The Morgan fingerprint density at radius 1 is 1.09 bits per heavy atom. The highest BCUT2D eigenvalue weighted by atomic mass is 35.5. The molecule has 0 fully saturated rings. The van der Waals surface area contributed by atoms with Gasteiger partial charge in [-0.25, -0.2) is 9.18 Å². The van der Waals surface area contributed by atoms with Crippen molar-refractivity contribution in [2.24, 2.45) is 0 Å². The number of hydrogen-bond donors (Lipinski definition) is 2. The lowest BCUT2D eigenvalue weighted by Gasteiger charge is -2.08. The molecule has 0 saturated carbocycles. The first-order chi connectivity index (χ1) is 10.6. The van der Waals surface area contributed by atoms with Gasteiger partial charge in [-0.1, -0.05) is 41.9 Å². The van der Waals surface area contributed by atoms with Gasteiger partial charge in [0.1, 0.15) is 5.82 Å². The second kappa shape index (κ2) is 8.39. The summed E-state index contributed by atoms with van der Waals surface area (Å²) in [6.45, 7) is 0.917. The Kier molecular flexibility index (Phi) is 6.22. The zero-order chi connectivity index (χ0) is 15.8. The van der Waals surface area contributed by atoms with Crippen LogP contribution in [-0.4, -0.2) is 12.6 Å². The Labute approximate surface area is 134 Å². The second-order valence-corrected chi connectivity index (χ2v) is 5.34. The molecule has 2 aromatic rings. The molecular formula is C17H18ClFN2O. The lowest BCUT2D eigenvalue weighted by atomic mass is 10.1. The molecule has 0 aliphatic heterocycles. The topological polar surface area (TPSA) is 41.1 Å². The quantitative estimate of drug-likeness (QED) is 0.778. The molecule has 0 aliphatic rings. The molecule has 0 spiro atoms. The maximum absolute atomic E-state index is 13.0. The SMILES string of the molecule is O=C(NCCCc1cccc(F)c1)NCc1ccccc1Cl. The van der Waals surface area contributed by atoms with Crippen LogP contribution in [-0.2, 0) is 13.0 Å². The number of carbonyl (C=O) groups is 1. The minimum absolute atomic E-state index is 0.233. The number of nitrogens with one attached hydrogen (secondary N) is 2. The van der Waals surface area contributed by atoms with Gasteiger partial charge in [0, 0.05) is 18.1 Å². The Morgan fingerprint density at radius 3 is 2.68 bits per heavy atom. The van der Waals surface area contributed by atoms with E-state index in [1.807, 2.05) is 24.3 Å². The molecule has 3 nitrogen and oxygen atoms in total. The van der Waals surface area contributed by atoms with E-state index in [0.717, 1.165) is 24.0 Å². The van der Waals surface area contributed by atoms with Crippen LogP contribution in [0.15, 0.2) is 48.5 Å². The summed E-state index contributed by atoms with van der Waals surface area (Å²) < 4.78 is 13.0. The van der Waals surface area contributed by atoms with E-state index in [-0.39, 0.29) is 11.8 Å². The van der Waals surface area contributed by atoms with Crippen molar-refractivity contribution in [1.82, 2.24) is 10.6 Å². The van der Waals surface area contributed by atoms with Crippen molar-refractivity contribution in [1.29, 1.82) is 0 Å². The van der Waals surface area contributed by atoms with E-state index in [1.165, 1.54) is 12.1 Å². The Bertz CT molecular complexity index is 634. The van der Waals surface area contributed by atoms with Crippen molar-refractivity contribution in [2.45, 2.75) is 19.4 Å². The Balaban J connectivity index is 1.65. The molecule has 0 radical (unpaired) electrons. The summed E-state index contributed by atoms with van der Waals surface area (Å²) in [5.74, 6) is -0.233. The van der Waals surface area contributed by atoms with Crippen LogP contribution in [0.3, 0.4) is 0 Å². The van der Waals surface area contributed by atoms with Crippen LogP contribution in [0.25, 0.3) is 0 Å². The highest BCUT2D eigenvalue weighted by Crippen LogP contribution is 2.14. The second-order valence-electron chi connectivity index (χ2n) is 4.93. The lowest BCUT2D eigenvalue weighted by Crippen LogP contribution is -2.35. The van der Waals surface area contributed by atoms with Gasteiger partial charge >= 0.3 is 6.03 Å². The van der Waals surface area contributed by atoms with E-state index >= 15 is 0 Å². The number of amides is 2. The average Bonchev–Trinajstić information content (AvgIpc) is 2.51. The minimum Gasteiger partial charge on any atom is -0.338 e. The van der Waals surface area contributed by atoms with E-state index in [4.69, 9.17) is 11.6 Å². The normalized spacial score (nSPS) is 10.3. The third kappa shape index (κ3) is 5.37. The number of benzene rings is 2. The zero-order valence-electron chi connectivity index (χ0n) is 12.1. The molecule has 5 heteroatoms. The molecule has 2 N–H and O–H groups in total. The van der Waals surface area contributed by atoms with Gasteiger partial charge < -0.3 is 10.6 Å². The first-order valence-corrected chi connectivity index (χ1v) is 7.52. The maximum atomic E-state index is 13.0. The van der Waals surface area contributed by atoms with E-state index in [2.05, 4.69) is 10.6 Å². The van der Waals surface area contributed by atoms with E-state index in [1.54, 1.807) is 12.1 Å². The monoisotopic (exact) mass is 320 g/mol. The van der Waals surface area contributed by atoms with Crippen LogP contribution in [0.4, 0.5) is 9.18 Å². The highest BCUT2D eigenvalue weighted by Gasteiger charge is 2.03.